The first-order chi connectivity index (χ1) is 9.15. The molecule has 19 heavy (non-hydrogen) atoms. The van der Waals surface area contributed by atoms with Crippen molar-refractivity contribution in [3.8, 4) is 0 Å². The monoisotopic (exact) mass is 275 g/mol. The van der Waals surface area contributed by atoms with Crippen molar-refractivity contribution in [2.45, 2.75) is 19.9 Å². The second-order valence-corrected chi connectivity index (χ2v) is 5.79. The Bertz CT molecular complexity index is 536. The average molecular weight is 275 g/mol. The summed E-state index contributed by atoms with van der Waals surface area (Å²) in [5.41, 5.74) is 1.06. The molecule has 0 amide bonds. The van der Waals surface area contributed by atoms with Gasteiger partial charge in [-0.3, -0.25) is 4.79 Å². The summed E-state index contributed by atoms with van der Waals surface area (Å²) in [6.45, 7) is 3.37. The molecule has 1 N–H and O–H groups in total. The lowest BCUT2D eigenvalue weighted by molar-refractivity contribution is -0.136. The molecule has 0 fully saturated rings. The van der Waals surface area contributed by atoms with Gasteiger partial charge in [-0.25, -0.2) is 0 Å². The summed E-state index contributed by atoms with van der Waals surface area (Å²) in [6, 6.07) is 14.2. The van der Waals surface area contributed by atoms with Crippen molar-refractivity contribution in [3.63, 3.8) is 0 Å². The minimum atomic E-state index is -0.761. The Morgan fingerprint density at radius 1 is 1.21 bits per heavy atom. The molecule has 0 aliphatic carbocycles. The quantitative estimate of drug-likeness (QED) is 0.876. The van der Waals surface area contributed by atoms with Gasteiger partial charge in [-0.15, -0.1) is 11.3 Å². The molecular weight excluding hydrogens is 258 g/mol. The van der Waals surface area contributed by atoms with E-state index in [0.29, 0.717) is 6.54 Å². The predicted molar refractivity (Wildman–Crippen MR) is 78.8 cm³/mol. The molecule has 0 bridgehead atoms. The molecule has 100 valence electrons. The van der Waals surface area contributed by atoms with Gasteiger partial charge in [0.2, 0.25) is 0 Å². The zero-order valence-electron chi connectivity index (χ0n) is 10.9. The van der Waals surface area contributed by atoms with Gasteiger partial charge in [0.25, 0.3) is 0 Å². The summed E-state index contributed by atoms with van der Waals surface area (Å²) in [7, 11) is 0. The van der Waals surface area contributed by atoms with Crippen LogP contribution in [0.15, 0.2) is 42.5 Å². The van der Waals surface area contributed by atoms with Gasteiger partial charge < -0.3 is 10.0 Å². The van der Waals surface area contributed by atoms with Gasteiger partial charge >= 0.3 is 5.97 Å². The molecule has 2 rings (SSSR count). The normalized spacial score (nSPS) is 10.4. The van der Waals surface area contributed by atoms with Crippen LogP contribution < -0.4 is 4.90 Å². The van der Waals surface area contributed by atoms with E-state index in [1.165, 1.54) is 9.75 Å². The first kappa shape index (κ1) is 13.6. The number of carbonyl (C=O) groups is 1. The van der Waals surface area contributed by atoms with E-state index in [9.17, 15) is 4.79 Å². The third kappa shape index (κ3) is 4.10. The van der Waals surface area contributed by atoms with Crippen LogP contribution in [-0.2, 0) is 11.3 Å². The smallest absolute Gasteiger partial charge is 0.305 e. The predicted octanol–water partition coefficient (Wildman–Crippen LogP) is 3.54. The van der Waals surface area contributed by atoms with Crippen LogP contribution in [0.1, 0.15) is 16.2 Å². The molecule has 0 radical (unpaired) electrons. The maximum absolute atomic E-state index is 10.8. The Morgan fingerprint density at radius 3 is 2.53 bits per heavy atom. The summed E-state index contributed by atoms with van der Waals surface area (Å²) in [6.07, 6.45) is 0.152. The second kappa shape index (κ2) is 6.38. The fourth-order valence-corrected chi connectivity index (χ4v) is 2.83. The van der Waals surface area contributed by atoms with Crippen molar-refractivity contribution >= 4 is 23.0 Å². The molecule has 0 aliphatic heterocycles. The van der Waals surface area contributed by atoms with E-state index in [0.717, 1.165) is 12.2 Å². The molecule has 1 aromatic heterocycles. The van der Waals surface area contributed by atoms with Crippen LogP contribution in [0.2, 0.25) is 0 Å². The average Bonchev–Trinajstić information content (AvgIpc) is 2.81. The summed E-state index contributed by atoms with van der Waals surface area (Å²) >= 11 is 1.76. The maximum Gasteiger partial charge on any atom is 0.305 e. The van der Waals surface area contributed by atoms with Gasteiger partial charge in [0.05, 0.1) is 13.0 Å². The molecule has 3 nitrogen and oxygen atoms in total. The first-order valence-electron chi connectivity index (χ1n) is 6.22. The maximum atomic E-state index is 10.8. The lowest BCUT2D eigenvalue weighted by Crippen LogP contribution is -2.25. The topological polar surface area (TPSA) is 40.5 Å². The second-order valence-electron chi connectivity index (χ2n) is 4.41. The van der Waals surface area contributed by atoms with E-state index in [2.05, 4.69) is 24.0 Å². The van der Waals surface area contributed by atoms with E-state index < -0.39 is 5.97 Å². The Labute approximate surface area is 117 Å². The molecule has 0 atom stereocenters. The van der Waals surface area contributed by atoms with Crippen LogP contribution in [0, 0.1) is 6.92 Å². The number of hydrogen-bond acceptors (Lipinski definition) is 3. The zero-order valence-corrected chi connectivity index (χ0v) is 11.7. The Kier molecular flexibility index (Phi) is 4.58. The van der Waals surface area contributed by atoms with Crippen molar-refractivity contribution in [2.75, 3.05) is 11.4 Å². The molecule has 0 saturated heterocycles. The van der Waals surface area contributed by atoms with Crippen molar-refractivity contribution in [2.24, 2.45) is 0 Å². The highest BCUT2D eigenvalue weighted by atomic mass is 32.1. The van der Waals surface area contributed by atoms with Gasteiger partial charge in [-0.1, -0.05) is 18.2 Å². The van der Waals surface area contributed by atoms with Crippen LogP contribution in [0.5, 0.6) is 0 Å². The lowest BCUT2D eigenvalue weighted by Gasteiger charge is -2.23. The van der Waals surface area contributed by atoms with Crippen LogP contribution in [0.25, 0.3) is 0 Å². The van der Waals surface area contributed by atoms with E-state index in [-0.39, 0.29) is 6.42 Å². The van der Waals surface area contributed by atoms with Gasteiger partial charge in [0.15, 0.2) is 0 Å². The van der Waals surface area contributed by atoms with E-state index in [1.807, 2.05) is 30.3 Å². The van der Waals surface area contributed by atoms with Crippen molar-refractivity contribution in [1.29, 1.82) is 0 Å². The van der Waals surface area contributed by atoms with Crippen LogP contribution >= 0.6 is 11.3 Å². The largest absolute Gasteiger partial charge is 0.481 e. The number of carboxylic acids is 1. The van der Waals surface area contributed by atoms with E-state index in [1.54, 1.807) is 11.3 Å². The van der Waals surface area contributed by atoms with Crippen LogP contribution in [0.4, 0.5) is 5.69 Å². The lowest BCUT2D eigenvalue weighted by atomic mass is 10.2. The molecule has 0 unspecified atom stereocenters. The number of carboxylic acid groups (broad SMARTS) is 1. The van der Waals surface area contributed by atoms with Gasteiger partial charge in [0, 0.05) is 22.0 Å². The van der Waals surface area contributed by atoms with Crippen molar-refractivity contribution in [1.82, 2.24) is 0 Å². The number of benzene rings is 1. The molecule has 1 aromatic carbocycles. The summed E-state index contributed by atoms with van der Waals surface area (Å²) < 4.78 is 0. The number of aryl methyl sites for hydroxylation is 1. The SMILES string of the molecule is Cc1ccc(CN(CCC(=O)O)c2ccccc2)s1. The Balaban J connectivity index is 2.12. The fraction of sp³-hybridized carbons (Fsp3) is 0.267. The van der Waals surface area contributed by atoms with Crippen molar-refractivity contribution < 1.29 is 9.90 Å². The zero-order chi connectivity index (χ0) is 13.7. The number of aliphatic carboxylic acids is 1. The van der Waals surface area contributed by atoms with E-state index >= 15 is 0 Å². The molecule has 0 spiro atoms. The summed E-state index contributed by atoms with van der Waals surface area (Å²) in [5, 5.41) is 8.86. The van der Waals surface area contributed by atoms with E-state index in [4.69, 9.17) is 5.11 Å². The standard InChI is InChI=1S/C15H17NO2S/c1-12-7-8-14(19-12)11-16(10-9-15(17)18)13-5-3-2-4-6-13/h2-8H,9-11H2,1H3,(H,17,18). The molecule has 0 saturated carbocycles. The highest BCUT2D eigenvalue weighted by Gasteiger charge is 2.10. The fourth-order valence-electron chi connectivity index (χ4n) is 1.93. The van der Waals surface area contributed by atoms with Crippen LogP contribution in [-0.4, -0.2) is 17.6 Å². The Hall–Kier alpha value is -1.81. The van der Waals surface area contributed by atoms with Gasteiger partial charge in [0.1, 0.15) is 0 Å². The first-order valence-corrected chi connectivity index (χ1v) is 7.04. The number of nitrogens with zero attached hydrogens (tertiary/aromatic N) is 1. The summed E-state index contributed by atoms with van der Waals surface area (Å²) in [4.78, 5) is 15.4. The van der Waals surface area contributed by atoms with Crippen molar-refractivity contribution in [3.05, 3.63) is 52.2 Å². The summed E-state index contributed by atoms with van der Waals surface area (Å²) in [5.74, 6) is -0.761. The third-order valence-electron chi connectivity index (χ3n) is 2.86. The third-order valence-corrected chi connectivity index (χ3v) is 3.85. The molecular formula is C15H17NO2S. The van der Waals surface area contributed by atoms with Gasteiger partial charge in [-0.05, 0) is 31.2 Å². The van der Waals surface area contributed by atoms with Crippen LogP contribution in [0.3, 0.4) is 0 Å². The number of thiophene rings is 1. The molecule has 1 heterocycles. The number of rotatable bonds is 6. The van der Waals surface area contributed by atoms with Gasteiger partial charge in [-0.2, -0.15) is 0 Å². The number of hydrogen-bond donors (Lipinski definition) is 1. The minimum absolute atomic E-state index is 0.152. The number of anilines is 1. The Morgan fingerprint density at radius 2 is 1.95 bits per heavy atom. The highest BCUT2D eigenvalue weighted by Crippen LogP contribution is 2.21. The molecule has 4 heteroatoms. The number of para-hydroxylation sites is 1. The highest BCUT2D eigenvalue weighted by molar-refractivity contribution is 7.11. The molecule has 2 aromatic rings. The minimum Gasteiger partial charge on any atom is -0.481 e. The molecule has 0 aliphatic rings.